The number of amides is 2. The first-order chi connectivity index (χ1) is 16.1. The van der Waals surface area contributed by atoms with Crippen LogP contribution in [-0.4, -0.2) is 54.5 Å². The van der Waals surface area contributed by atoms with Gasteiger partial charge in [-0.2, -0.15) is 0 Å². The largest absolute Gasteiger partial charge is 0.480 e. The second kappa shape index (κ2) is 10.7. The van der Waals surface area contributed by atoms with E-state index in [0.29, 0.717) is 6.42 Å². The number of carbonyl (C=O) groups excluding carboxylic acids is 2. The van der Waals surface area contributed by atoms with E-state index >= 15 is 0 Å². The van der Waals surface area contributed by atoms with Crippen molar-refractivity contribution in [2.24, 2.45) is 0 Å². The summed E-state index contributed by atoms with van der Waals surface area (Å²) in [6, 6.07) is 15.1. The molecule has 0 heterocycles. The van der Waals surface area contributed by atoms with E-state index in [1.165, 1.54) is 7.11 Å². The van der Waals surface area contributed by atoms with Crippen LogP contribution >= 0.6 is 0 Å². The van der Waals surface area contributed by atoms with Crippen molar-refractivity contribution in [3.05, 3.63) is 59.7 Å². The monoisotopic (exact) mass is 468 g/mol. The summed E-state index contributed by atoms with van der Waals surface area (Å²) in [5, 5.41) is 14.6. The highest BCUT2D eigenvalue weighted by Gasteiger charge is 2.31. The van der Waals surface area contributed by atoms with Crippen LogP contribution in [0.15, 0.2) is 48.5 Å². The Bertz CT molecular complexity index is 1010. The first kappa shape index (κ1) is 25.2. The Morgan fingerprint density at radius 1 is 1.03 bits per heavy atom. The lowest BCUT2D eigenvalue weighted by Gasteiger charge is -2.27. The average Bonchev–Trinajstić information content (AvgIpc) is 3.12. The van der Waals surface area contributed by atoms with Gasteiger partial charge in [0.2, 0.25) is 5.91 Å². The molecule has 2 aromatic rings. The summed E-state index contributed by atoms with van der Waals surface area (Å²) in [6.07, 6.45) is -0.898. The minimum Gasteiger partial charge on any atom is -0.480 e. The van der Waals surface area contributed by atoms with E-state index in [-0.39, 0.29) is 18.9 Å². The highest BCUT2D eigenvalue weighted by atomic mass is 16.5. The number of rotatable bonds is 10. The van der Waals surface area contributed by atoms with Crippen molar-refractivity contribution in [3.8, 4) is 11.1 Å². The lowest BCUT2D eigenvalue weighted by atomic mass is 9.98. The van der Waals surface area contributed by atoms with E-state index in [4.69, 9.17) is 9.47 Å². The minimum absolute atomic E-state index is 0.0386. The quantitative estimate of drug-likeness (QED) is 0.490. The molecule has 1 aliphatic rings. The van der Waals surface area contributed by atoms with Crippen LogP contribution in [0.1, 0.15) is 50.7 Å². The highest BCUT2D eigenvalue weighted by Crippen LogP contribution is 2.44. The number of carbonyl (C=O) groups is 3. The molecule has 0 aromatic heterocycles. The van der Waals surface area contributed by atoms with Crippen LogP contribution in [0.2, 0.25) is 0 Å². The molecular formula is C26H32N2O6. The van der Waals surface area contributed by atoms with Gasteiger partial charge in [0.15, 0.2) is 6.04 Å². The van der Waals surface area contributed by atoms with E-state index in [1.54, 1.807) is 20.8 Å². The van der Waals surface area contributed by atoms with Gasteiger partial charge in [-0.1, -0.05) is 48.5 Å². The molecule has 3 rings (SSSR count). The molecule has 0 unspecified atom stereocenters. The summed E-state index contributed by atoms with van der Waals surface area (Å²) in [7, 11) is 1.38. The van der Waals surface area contributed by atoms with Crippen molar-refractivity contribution >= 4 is 18.0 Å². The molecule has 0 saturated carbocycles. The maximum absolute atomic E-state index is 12.6. The number of hydrogen-bond donors (Lipinski definition) is 3. The topological polar surface area (TPSA) is 114 Å². The first-order valence-corrected chi connectivity index (χ1v) is 11.3. The summed E-state index contributed by atoms with van der Waals surface area (Å²) >= 11 is 0. The summed E-state index contributed by atoms with van der Waals surface area (Å²) in [4.78, 5) is 36.2. The second-order valence-electron chi connectivity index (χ2n) is 9.16. The number of methoxy groups -OCH3 is 1. The Kier molecular flexibility index (Phi) is 7.94. The smallest absolute Gasteiger partial charge is 0.407 e. The van der Waals surface area contributed by atoms with Crippen LogP contribution in [0.4, 0.5) is 4.79 Å². The Labute approximate surface area is 199 Å². The average molecular weight is 469 g/mol. The molecule has 0 aliphatic heterocycles. The zero-order valence-corrected chi connectivity index (χ0v) is 20.0. The molecule has 8 nitrogen and oxygen atoms in total. The molecule has 0 radical (unpaired) electrons. The van der Waals surface area contributed by atoms with Crippen LogP contribution in [0.3, 0.4) is 0 Å². The summed E-state index contributed by atoms with van der Waals surface area (Å²) in [6.45, 7) is 5.34. The number of benzene rings is 2. The fraction of sp³-hybridized carbons (Fsp3) is 0.423. The molecule has 2 aromatic carbocycles. The van der Waals surface area contributed by atoms with Gasteiger partial charge >= 0.3 is 12.1 Å². The summed E-state index contributed by atoms with van der Waals surface area (Å²) in [5.41, 5.74) is 3.84. The van der Waals surface area contributed by atoms with Gasteiger partial charge in [-0.15, -0.1) is 0 Å². The summed E-state index contributed by atoms with van der Waals surface area (Å²) in [5.74, 6) is -1.64. The van der Waals surface area contributed by atoms with Crippen LogP contribution in [0.5, 0.6) is 0 Å². The van der Waals surface area contributed by atoms with Gasteiger partial charge in [-0.05, 0) is 49.4 Å². The molecule has 8 heteroatoms. The van der Waals surface area contributed by atoms with Crippen LogP contribution < -0.4 is 10.6 Å². The lowest BCUT2D eigenvalue weighted by molar-refractivity contribution is -0.145. The third kappa shape index (κ3) is 5.94. The van der Waals surface area contributed by atoms with Gasteiger partial charge in [-0.25, -0.2) is 9.59 Å². The second-order valence-corrected chi connectivity index (χ2v) is 9.16. The molecule has 2 atom stereocenters. The zero-order chi connectivity index (χ0) is 24.9. The number of carboxylic acids is 1. The lowest BCUT2D eigenvalue weighted by Crippen LogP contribution is -2.49. The summed E-state index contributed by atoms with van der Waals surface area (Å²) < 4.78 is 10.6. The number of alkyl carbamates (subject to hydrolysis) is 1. The molecule has 34 heavy (non-hydrogen) atoms. The Balaban J connectivity index is 1.53. The number of ether oxygens (including phenoxy) is 2. The van der Waals surface area contributed by atoms with Crippen molar-refractivity contribution in [2.45, 2.75) is 57.2 Å². The van der Waals surface area contributed by atoms with Gasteiger partial charge in [0.05, 0.1) is 6.10 Å². The fourth-order valence-electron chi connectivity index (χ4n) is 4.16. The number of fused-ring (bicyclic) bond motifs is 3. The Morgan fingerprint density at radius 3 is 2.12 bits per heavy atom. The predicted molar refractivity (Wildman–Crippen MR) is 128 cm³/mol. The van der Waals surface area contributed by atoms with E-state index in [9.17, 15) is 19.5 Å². The molecule has 3 N–H and O–H groups in total. The first-order valence-electron chi connectivity index (χ1n) is 11.3. The molecule has 0 spiro atoms. The number of carboxylic acid groups (broad SMARTS) is 1. The SMILES string of the molecule is CO[C@H](C)[C@H](NC(=O)CCC(C)(C)NC(=O)OCC1c2ccccc2-c2ccccc21)C(=O)O. The third-order valence-corrected chi connectivity index (χ3v) is 6.18. The number of nitrogens with one attached hydrogen (secondary N) is 2. The van der Waals surface area contributed by atoms with Gasteiger partial charge in [0, 0.05) is 25.0 Å². The number of aliphatic carboxylic acids is 1. The van der Waals surface area contributed by atoms with Gasteiger partial charge < -0.3 is 25.2 Å². The zero-order valence-electron chi connectivity index (χ0n) is 20.0. The van der Waals surface area contributed by atoms with Crippen molar-refractivity contribution in [1.29, 1.82) is 0 Å². The molecule has 1 aliphatic carbocycles. The maximum Gasteiger partial charge on any atom is 0.407 e. The molecule has 182 valence electrons. The van der Waals surface area contributed by atoms with Crippen molar-refractivity contribution < 1.29 is 29.0 Å². The van der Waals surface area contributed by atoms with E-state index in [0.717, 1.165) is 22.3 Å². The normalized spacial score (nSPS) is 14.5. The van der Waals surface area contributed by atoms with E-state index < -0.39 is 35.7 Å². The fourth-order valence-corrected chi connectivity index (χ4v) is 4.16. The molecule has 0 fully saturated rings. The Morgan fingerprint density at radius 2 is 1.59 bits per heavy atom. The van der Waals surface area contributed by atoms with Crippen LogP contribution in [-0.2, 0) is 19.1 Å². The molecule has 0 bridgehead atoms. The third-order valence-electron chi connectivity index (χ3n) is 6.18. The predicted octanol–water partition coefficient (Wildman–Crippen LogP) is 3.69. The van der Waals surface area contributed by atoms with Crippen molar-refractivity contribution in [3.63, 3.8) is 0 Å². The van der Waals surface area contributed by atoms with Crippen LogP contribution in [0.25, 0.3) is 11.1 Å². The van der Waals surface area contributed by atoms with E-state index in [1.807, 2.05) is 24.3 Å². The minimum atomic E-state index is -1.17. The maximum atomic E-state index is 12.6. The van der Waals surface area contributed by atoms with Crippen molar-refractivity contribution in [2.75, 3.05) is 13.7 Å². The van der Waals surface area contributed by atoms with Crippen LogP contribution in [0, 0.1) is 0 Å². The van der Waals surface area contributed by atoms with Gasteiger partial charge in [0.1, 0.15) is 6.61 Å². The number of hydrogen-bond acceptors (Lipinski definition) is 5. The van der Waals surface area contributed by atoms with Gasteiger partial charge in [-0.3, -0.25) is 4.79 Å². The highest BCUT2D eigenvalue weighted by molar-refractivity contribution is 5.84. The van der Waals surface area contributed by atoms with E-state index in [2.05, 4.69) is 34.9 Å². The molecular weight excluding hydrogens is 436 g/mol. The molecule has 2 amide bonds. The standard InChI is InChI=1S/C26H32N2O6/c1-16(33-4)23(24(30)31)27-22(29)13-14-26(2,3)28-25(32)34-15-21-19-11-7-5-9-17(19)18-10-6-8-12-20(18)21/h5-12,16,21,23H,13-15H2,1-4H3,(H,27,29)(H,28,32)(H,30,31)/t16-,23+/m1/s1. The molecule has 0 saturated heterocycles. The van der Waals surface area contributed by atoms with Gasteiger partial charge in [0.25, 0.3) is 0 Å². The Hall–Kier alpha value is -3.39. The van der Waals surface area contributed by atoms with Crippen molar-refractivity contribution in [1.82, 2.24) is 10.6 Å².